The summed E-state index contributed by atoms with van der Waals surface area (Å²) in [6.07, 6.45) is 1.68. The molecule has 5 aromatic rings. The van der Waals surface area contributed by atoms with Crippen LogP contribution in [-0.4, -0.2) is 23.6 Å². The van der Waals surface area contributed by atoms with Crippen molar-refractivity contribution >= 4 is 46.0 Å². The predicted octanol–water partition coefficient (Wildman–Crippen LogP) is 8.16. The van der Waals surface area contributed by atoms with Crippen molar-refractivity contribution < 1.29 is 19.1 Å². The molecule has 1 aliphatic carbocycles. The number of aromatic nitrogens is 1. The summed E-state index contributed by atoms with van der Waals surface area (Å²) in [4.78, 5) is 27.0. The van der Waals surface area contributed by atoms with Crippen LogP contribution in [-0.2, 0) is 29.0 Å². The summed E-state index contributed by atoms with van der Waals surface area (Å²) in [6, 6.07) is 28.5. The molecule has 4 aromatic carbocycles. The largest absolute Gasteiger partial charge is 0.494 e. The molecule has 0 spiro atoms. The summed E-state index contributed by atoms with van der Waals surface area (Å²) in [7, 11) is 1.53. The first-order valence-corrected chi connectivity index (χ1v) is 14.2. The van der Waals surface area contributed by atoms with Gasteiger partial charge < -0.3 is 9.47 Å². The van der Waals surface area contributed by atoms with Crippen molar-refractivity contribution in [2.75, 3.05) is 7.11 Å². The molecule has 0 N–H and O–H groups in total. The number of hydrogen-bond donors (Lipinski definition) is 0. The number of methoxy groups -OCH3 is 1. The number of fused-ring (bicyclic) bond motifs is 3. The van der Waals surface area contributed by atoms with E-state index in [1.165, 1.54) is 7.11 Å². The fraction of sp³-hybridized carbons (Fsp3) is 0.176. The van der Waals surface area contributed by atoms with E-state index in [1.54, 1.807) is 0 Å². The molecule has 0 bridgehead atoms. The monoisotopic (exact) mass is 583 g/mol. The number of halogens is 2. The second-order valence-corrected chi connectivity index (χ2v) is 11.0. The molecular weight excluding hydrogens is 557 g/mol. The van der Waals surface area contributed by atoms with Gasteiger partial charge in [-0.15, -0.1) is 0 Å². The quantitative estimate of drug-likeness (QED) is 0.189. The zero-order valence-electron chi connectivity index (χ0n) is 22.4. The molecule has 5 nitrogen and oxygen atoms in total. The van der Waals surface area contributed by atoms with Gasteiger partial charge in [0.15, 0.2) is 5.75 Å². The highest BCUT2D eigenvalue weighted by Crippen LogP contribution is 2.40. The number of rotatable bonds is 6. The van der Waals surface area contributed by atoms with Gasteiger partial charge in [0.05, 0.1) is 28.6 Å². The van der Waals surface area contributed by atoms with Gasteiger partial charge in [-0.3, -0.25) is 14.2 Å². The number of esters is 1. The maximum Gasteiger partial charge on any atom is 0.309 e. The Balaban J connectivity index is 1.41. The van der Waals surface area contributed by atoms with E-state index in [0.717, 1.165) is 38.9 Å². The Kier molecular flexibility index (Phi) is 7.57. The molecule has 1 atom stereocenters. The van der Waals surface area contributed by atoms with Crippen LogP contribution in [0.1, 0.15) is 33.6 Å². The molecule has 1 aromatic heterocycles. The number of ether oxygens (including phenoxy) is 2. The van der Waals surface area contributed by atoms with Crippen LogP contribution in [0.3, 0.4) is 0 Å². The van der Waals surface area contributed by atoms with Crippen LogP contribution in [0.2, 0.25) is 10.0 Å². The second-order valence-electron chi connectivity index (χ2n) is 10.2. The van der Waals surface area contributed by atoms with Gasteiger partial charge >= 0.3 is 5.97 Å². The SMILES string of the molecule is COc1c(Cl)cc(-c2ccc3c(c2)c2c(n3C(=O)c3ccccc3)CCC(C(=O)OCc3ccccc3)C2)cc1Cl. The molecule has 0 radical (unpaired) electrons. The first kappa shape index (κ1) is 27.1. The average molecular weight is 584 g/mol. The van der Waals surface area contributed by atoms with Crippen molar-refractivity contribution in [2.24, 2.45) is 5.92 Å². The van der Waals surface area contributed by atoms with E-state index < -0.39 is 0 Å². The zero-order valence-corrected chi connectivity index (χ0v) is 23.9. The fourth-order valence-electron chi connectivity index (χ4n) is 5.65. The molecule has 1 heterocycles. The third-order valence-corrected chi connectivity index (χ3v) is 8.24. The van der Waals surface area contributed by atoms with Crippen LogP contribution in [0.4, 0.5) is 0 Å². The first-order chi connectivity index (χ1) is 19.9. The number of hydrogen-bond acceptors (Lipinski definition) is 4. The normalized spacial score (nSPS) is 14.5. The molecule has 0 amide bonds. The van der Waals surface area contributed by atoms with Gasteiger partial charge in [0.25, 0.3) is 5.91 Å². The fourth-order valence-corrected chi connectivity index (χ4v) is 6.29. The molecule has 1 aliphatic rings. The van der Waals surface area contributed by atoms with Crippen molar-refractivity contribution in [1.82, 2.24) is 4.57 Å². The zero-order chi connectivity index (χ0) is 28.5. The van der Waals surface area contributed by atoms with Gasteiger partial charge in [0.2, 0.25) is 0 Å². The van der Waals surface area contributed by atoms with Crippen molar-refractivity contribution in [3.8, 4) is 16.9 Å². The second kappa shape index (κ2) is 11.4. The minimum Gasteiger partial charge on any atom is -0.494 e. The molecule has 7 heteroatoms. The Morgan fingerprint density at radius 3 is 2.24 bits per heavy atom. The van der Waals surface area contributed by atoms with Crippen LogP contribution >= 0.6 is 23.2 Å². The highest BCUT2D eigenvalue weighted by molar-refractivity contribution is 6.37. The lowest BCUT2D eigenvalue weighted by atomic mass is 9.86. The van der Waals surface area contributed by atoms with Crippen LogP contribution in [0.15, 0.2) is 91.0 Å². The van der Waals surface area contributed by atoms with Gasteiger partial charge in [-0.25, -0.2) is 0 Å². The smallest absolute Gasteiger partial charge is 0.309 e. The van der Waals surface area contributed by atoms with Crippen molar-refractivity contribution in [3.63, 3.8) is 0 Å². The third kappa shape index (κ3) is 5.23. The minimum atomic E-state index is -0.300. The van der Waals surface area contributed by atoms with E-state index in [-0.39, 0.29) is 24.4 Å². The maximum atomic E-state index is 13.8. The summed E-state index contributed by atoms with van der Waals surface area (Å²) in [6.45, 7) is 0.237. The molecule has 0 fully saturated rings. The molecule has 0 saturated heterocycles. The molecule has 206 valence electrons. The Morgan fingerprint density at radius 2 is 1.56 bits per heavy atom. The minimum absolute atomic E-state index is 0.0924. The Morgan fingerprint density at radius 1 is 0.878 bits per heavy atom. The summed E-state index contributed by atoms with van der Waals surface area (Å²) < 4.78 is 12.8. The van der Waals surface area contributed by atoms with Gasteiger partial charge in [0, 0.05) is 16.6 Å². The summed E-state index contributed by atoms with van der Waals surface area (Å²) >= 11 is 12.9. The summed E-state index contributed by atoms with van der Waals surface area (Å²) in [5.74, 6) is -0.192. The molecule has 1 unspecified atom stereocenters. The van der Waals surface area contributed by atoms with Gasteiger partial charge in [-0.05, 0) is 77.9 Å². The summed E-state index contributed by atoms with van der Waals surface area (Å²) in [5.41, 5.74) is 6.00. The first-order valence-electron chi connectivity index (χ1n) is 13.4. The number of carbonyl (C=O) groups is 2. The Bertz CT molecular complexity index is 1740. The van der Waals surface area contributed by atoms with E-state index in [1.807, 2.05) is 89.5 Å². The standard InChI is InChI=1S/C34H27Cl2NO4/c1-40-32-28(35)18-25(19-29(32)36)23-12-14-30-26(16-23)27-17-24(34(39)41-20-21-8-4-2-5-9-21)13-15-31(27)37(30)33(38)22-10-6-3-7-11-22/h2-12,14,16,18-19,24H,13,15,17,20H2,1H3. The molecule has 6 rings (SSSR count). The van der Waals surface area contributed by atoms with Gasteiger partial charge in [-0.2, -0.15) is 0 Å². The average Bonchev–Trinajstić information content (AvgIpc) is 3.33. The van der Waals surface area contributed by atoms with Crippen LogP contribution in [0, 0.1) is 5.92 Å². The van der Waals surface area contributed by atoms with E-state index >= 15 is 0 Å². The molecular formula is C34H27Cl2NO4. The number of nitrogens with zero attached hydrogens (tertiary/aromatic N) is 1. The predicted molar refractivity (Wildman–Crippen MR) is 162 cm³/mol. The Labute approximate surface area is 248 Å². The van der Waals surface area contributed by atoms with Gasteiger partial charge in [-0.1, -0.05) is 77.8 Å². The lowest BCUT2D eigenvalue weighted by molar-refractivity contribution is -0.150. The highest BCUT2D eigenvalue weighted by Gasteiger charge is 2.32. The van der Waals surface area contributed by atoms with E-state index in [9.17, 15) is 9.59 Å². The molecule has 0 saturated carbocycles. The number of carbonyl (C=O) groups excluding carboxylic acids is 2. The van der Waals surface area contributed by atoms with Crippen LogP contribution < -0.4 is 4.74 Å². The molecule has 0 aliphatic heterocycles. The maximum absolute atomic E-state index is 13.8. The lowest BCUT2D eigenvalue weighted by Crippen LogP contribution is -2.26. The van der Waals surface area contributed by atoms with E-state index in [2.05, 4.69) is 6.07 Å². The van der Waals surface area contributed by atoms with E-state index in [0.29, 0.717) is 40.6 Å². The van der Waals surface area contributed by atoms with Crippen molar-refractivity contribution in [2.45, 2.75) is 25.9 Å². The lowest BCUT2D eigenvalue weighted by Gasteiger charge is -2.22. The van der Waals surface area contributed by atoms with Gasteiger partial charge in [0.1, 0.15) is 6.61 Å². The summed E-state index contributed by atoms with van der Waals surface area (Å²) in [5, 5.41) is 1.75. The van der Waals surface area contributed by atoms with E-state index in [4.69, 9.17) is 32.7 Å². The Hall–Kier alpha value is -4.06. The molecule has 41 heavy (non-hydrogen) atoms. The van der Waals surface area contributed by atoms with Crippen LogP contribution in [0.5, 0.6) is 5.75 Å². The van der Waals surface area contributed by atoms with Crippen molar-refractivity contribution in [1.29, 1.82) is 0 Å². The third-order valence-electron chi connectivity index (χ3n) is 7.68. The van der Waals surface area contributed by atoms with Crippen LogP contribution in [0.25, 0.3) is 22.0 Å². The topological polar surface area (TPSA) is 57.5 Å². The van der Waals surface area contributed by atoms with Crippen molar-refractivity contribution in [3.05, 3.63) is 123 Å². The number of benzene rings is 4. The highest BCUT2D eigenvalue weighted by atomic mass is 35.5.